The van der Waals surface area contributed by atoms with Crippen molar-refractivity contribution in [3.8, 4) is 5.75 Å². The minimum Gasteiger partial charge on any atom is -0.494 e. The van der Waals surface area contributed by atoms with Gasteiger partial charge in [0.05, 0.1) is 6.61 Å². The Morgan fingerprint density at radius 2 is 1.60 bits per heavy atom. The van der Waals surface area contributed by atoms with Gasteiger partial charge in [0.2, 0.25) is 5.91 Å². The van der Waals surface area contributed by atoms with Crippen molar-refractivity contribution < 1.29 is 14.3 Å². The topological polar surface area (TPSA) is 67.4 Å². The van der Waals surface area contributed by atoms with Crippen LogP contribution in [0.3, 0.4) is 0 Å². The molecule has 130 valence electrons. The van der Waals surface area contributed by atoms with E-state index < -0.39 is 0 Å². The van der Waals surface area contributed by atoms with E-state index in [-0.39, 0.29) is 11.8 Å². The summed E-state index contributed by atoms with van der Waals surface area (Å²) in [6, 6.07) is 14.0. The van der Waals surface area contributed by atoms with E-state index >= 15 is 0 Å². The SMILES string of the molecule is C=CCCC(=O)Nc1ccc(C(=O)Nc2ccc(OCC)cc2)cc1. The van der Waals surface area contributed by atoms with Crippen LogP contribution in [0.15, 0.2) is 61.2 Å². The Kier molecular flexibility index (Phi) is 6.77. The highest BCUT2D eigenvalue weighted by Gasteiger charge is 2.07. The minimum absolute atomic E-state index is 0.0773. The summed E-state index contributed by atoms with van der Waals surface area (Å²) >= 11 is 0. The molecule has 5 heteroatoms. The summed E-state index contributed by atoms with van der Waals surface area (Å²) in [6.45, 7) is 6.10. The van der Waals surface area contributed by atoms with Crippen molar-refractivity contribution in [2.24, 2.45) is 0 Å². The van der Waals surface area contributed by atoms with E-state index in [2.05, 4.69) is 17.2 Å². The van der Waals surface area contributed by atoms with Gasteiger partial charge in [-0.05, 0) is 61.9 Å². The maximum Gasteiger partial charge on any atom is 0.255 e. The van der Waals surface area contributed by atoms with Gasteiger partial charge in [-0.25, -0.2) is 0 Å². The van der Waals surface area contributed by atoms with Gasteiger partial charge in [0.15, 0.2) is 0 Å². The highest BCUT2D eigenvalue weighted by molar-refractivity contribution is 6.04. The summed E-state index contributed by atoms with van der Waals surface area (Å²) in [7, 11) is 0. The van der Waals surface area contributed by atoms with Gasteiger partial charge < -0.3 is 15.4 Å². The Bertz CT molecular complexity index is 722. The van der Waals surface area contributed by atoms with E-state index in [0.29, 0.717) is 36.4 Å². The van der Waals surface area contributed by atoms with Crippen LogP contribution in [0.2, 0.25) is 0 Å². The molecule has 0 unspecified atom stereocenters. The lowest BCUT2D eigenvalue weighted by atomic mass is 10.2. The molecule has 0 bridgehead atoms. The average molecular weight is 338 g/mol. The molecule has 2 aromatic carbocycles. The van der Waals surface area contributed by atoms with Gasteiger partial charge >= 0.3 is 0 Å². The second-order valence-electron chi connectivity index (χ2n) is 5.36. The molecule has 0 saturated carbocycles. The van der Waals surface area contributed by atoms with Gasteiger partial charge in [-0.1, -0.05) is 6.08 Å². The molecule has 0 aliphatic rings. The van der Waals surface area contributed by atoms with Crippen molar-refractivity contribution in [1.82, 2.24) is 0 Å². The number of hydrogen-bond acceptors (Lipinski definition) is 3. The molecule has 0 aliphatic heterocycles. The second kappa shape index (κ2) is 9.27. The predicted octanol–water partition coefficient (Wildman–Crippen LogP) is 4.24. The van der Waals surface area contributed by atoms with Crippen molar-refractivity contribution in [3.63, 3.8) is 0 Å². The summed E-state index contributed by atoms with van der Waals surface area (Å²) in [5.74, 6) is 0.470. The number of anilines is 2. The summed E-state index contributed by atoms with van der Waals surface area (Å²) in [5, 5.41) is 5.60. The Balaban J connectivity index is 1.93. The third-order valence-corrected chi connectivity index (χ3v) is 3.43. The molecule has 5 nitrogen and oxygen atoms in total. The first-order valence-corrected chi connectivity index (χ1v) is 8.17. The van der Waals surface area contributed by atoms with Crippen molar-refractivity contribution in [2.75, 3.05) is 17.2 Å². The number of benzene rings is 2. The third kappa shape index (κ3) is 5.80. The van der Waals surface area contributed by atoms with Crippen LogP contribution in [-0.2, 0) is 4.79 Å². The Morgan fingerprint density at radius 3 is 2.20 bits per heavy atom. The maximum atomic E-state index is 12.3. The summed E-state index contributed by atoms with van der Waals surface area (Å²) in [4.78, 5) is 23.9. The fourth-order valence-corrected chi connectivity index (χ4v) is 2.17. The molecule has 0 heterocycles. The van der Waals surface area contributed by atoms with E-state index in [4.69, 9.17) is 4.74 Å². The summed E-state index contributed by atoms with van der Waals surface area (Å²) in [5.41, 5.74) is 1.86. The number of amides is 2. The van der Waals surface area contributed by atoms with Gasteiger partial charge in [0, 0.05) is 23.4 Å². The average Bonchev–Trinajstić information content (AvgIpc) is 2.62. The fraction of sp³-hybridized carbons (Fsp3) is 0.200. The molecular formula is C20H22N2O3. The predicted molar refractivity (Wildman–Crippen MR) is 100 cm³/mol. The van der Waals surface area contributed by atoms with Crippen LogP contribution in [0.25, 0.3) is 0 Å². The monoisotopic (exact) mass is 338 g/mol. The quantitative estimate of drug-likeness (QED) is 0.707. The minimum atomic E-state index is -0.214. The van der Waals surface area contributed by atoms with Crippen molar-refractivity contribution in [2.45, 2.75) is 19.8 Å². The van der Waals surface area contributed by atoms with E-state index in [1.54, 1.807) is 54.6 Å². The number of ether oxygens (including phenoxy) is 1. The Labute approximate surface area is 147 Å². The first-order chi connectivity index (χ1) is 12.1. The third-order valence-electron chi connectivity index (χ3n) is 3.43. The zero-order valence-corrected chi connectivity index (χ0v) is 14.2. The number of nitrogens with one attached hydrogen (secondary N) is 2. The van der Waals surface area contributed by atoms with E-state index in [9.17, 15) is 9.59 Å². The summed E-state index contributed by atoms with van der Waals surface area (Å²) < 4.78 is 5.37. The molecule has 2 rings (SSSR count). The lowest BCUT2D eigenvalue weighted by Crippen LogP contribution is -2.13. The van der Waals surface area contributed by atoms with Gasteiger partial charge in [0.25, 0.3) is 5.91 Å². The molecule has 2 amide bonds. The Morgan fingerprint density at radius 1 is 1.00 bits per heavy atom. The summed E-state index contributed by atoms with van der Waals surface area (Å²) in [6.07, 6.45) is 2.73. The largest absolute Gasteiger partial charge is 0.494 e. The molecule has 0 radical (unpaired) electrons. The van der Waals surface area contributed by atoms with E-state index in [1.807, 2.05) is 6.92 Å². The smallest absolute Gasteiger partial charge is 0.255 e. The lowest BCUT2D eigenvalue weighted by Gasteiger charge is -2.08. The van der Waals surface area contributed by atoms with Crippen molar-refractivity contribution in [1.29, 1.82) is 0 Å². The molecule has 0 saturated heterocycles. The highest BCUT2D eigenvalue weighted by Crippen LogP contribution is 2.17. The molecule has 2 N–H and O–H groups in total. The van der Waals surface area contributed by atoms with Crippen LogP contribution in [0, 0.1) is 0 Å². The fourth-order valence-electron chi connectivity index (χ4n) is 2.17. The number of carbonyl (C=O) groups is 2. The molecule has 0 aromatic heterocycles. The number of hydrogen-bond donors (Lipinski definition) is 2. The molecule has 0 atom stereocenters. The van der Waals surface area contributed by atoms with Gasteiger partial charge in [0.1, 0.15) is 5.75 Å². The molecule has 25 heavy (non-hydrogen) atoms. The zero-order valence-electron chi connectivity index (χ0n) is 14.2. The first kappa shape index (κ1) is 18.3. The molecule has 0 aliphatic carbocycles. The second-order valence-corrected chi connectivity index (χ2v) is 5.36. The van der Waals surface area contributed by atoms with Gasteiger partial charge in [-0.15, -0.1) is 6.58 Å². The normalized spacial score (nSPS) is 9.96. The van der Waals surface area contributed by atoms with Crippen LogP contribution in [0.4, 0.5) is 11.4 Å². The highest BCUT2D eigenvalue weighted by atomic mass is 16.5. The van der Waals surface area contributed by atoms with Crippen LogP contribution >= 0.6 is 0 Å². The van der Waals surface area contributed by atoms with Crippen LogP contribution in [0.5, 0.6) is 5.75 Å². The van der Waals surface area contributed by atoms with Crippen LogP contribution in [0.1, 0.15) is 30.1 Å². The van der Waals surface area contributed by atoms with Gasteiger partial charge in [-0.3, -0.25) is 9.59 Å². The lowest BCUT2D eigenvalue weighted by molar-refractivity contribution is -0.116. The van der Waals surface area contributed by atoms with Crippen molar-refractivity contribution in [3.05, 3.63) is 66.7 Å². The number of carbonyl (C=O) groups excluding carboxylic acids is 2. The standard InChI is InChI=1S/C20H22N2O3/c1-3-5-6-19(23)21-16-9-7-15(8-10-16)20(24)22-17-11-13-18(14-12-17)25-4-2/h3,7-14H,1,4-6H2,2H3,(H,21,23)(H,22,24). The van der Waals surface area contributed by atoms with Gasteiger partial charge in [-0.2, -0.15) is 0 Å². The van der Waals surface area contributed by atoms with E-state index in [1.165, 1.54) is 0 Å². The number of rotatable bonds is 8. The zero-order chi connectivity index (χ0) is 18.1. The molecule has 0 fully saturated rings. The molecule has 0 spiro atoms. The maximum absolute atomic E-state index is 12.3. The molecule has 2 aromatic rings. The molecular weight excluding hydrogens is 316 g/mol. The first-order valence-electron chi connectivity index (χ1n) is 8.17. The van der Waals surface area contributed by atoms with Crippen LogP contribution in [-0.4, -0.2) is 18.4 Å². The van der Waals surface area contributed by atoms with Crippen molar-refractivity contribution >= 4 is 23.2 Å². The Hall–Kier alpha value is -3.08. The number of allylic oxidation sites excluding steroid dienone is 1. The van der Waals surface area contributed by atoms with Crippen LogP contribution < -0.4 is 15.4 Å². The van der Waals surface area contributed by atoms with E-state index in [0.717, 1.165) is 5.75 Å².